The van der Waals surface area contributed by atoms with Gasteiger partial charge in [0.1, 0.15) is 54.4 Å². The van der Waals surface area contributed by atoms with Crippen molar-refractivity contribution in [3.05, 3.63) is 18.2 Å². The largest absolute Gasteiger partial charge is 0.480 e. The number of H-pyrrole nitrogens is 1. The molecule has 0 aromatic carbocycles. The van der Waals surface area contributed by atoms with Gasteiger partial charge in [-0.1, -0.05) is 41.5 Å². The van der Waals surface area contributed by atoms with Gasteiger partial charge in [-0.3, -0.25) is 43.2 Å². The first-order chi connectivity index (χ1) is 32.3. The summed E-state index contributed by atoms with van der Waals surface area (Å²) in [5, 5.41) is 58.8. The number of aliphatic hydroxyl groups excluding tert-OH is 3. The van der Waals surface area contributed by atoms with Crippen LogP contribution >= 0.6 is 0 Å². The average molecular weight is 981 g/mol. The van der Waals surface area contributed by atoms with Crippen LogP contribution in [-0.4, -0.2) is 181 Å². The van der Waals surface area contributed by atoms with Crippen LogP contribution in [0.1, 0.15) is 86.8 Å². The van der Waals surface area contributed by atoms with E-state index in [0.29, 0.717) is 12.1 Å². The summed E-state index contributed by atoms with van der Waals surface area (Å²) in [6.45, 7) is 10.7. The van der Waals surface area contributed by atoms with Crippen LogP contribution in [0.4, 0.5) is 0 Å². The summed E-state index contributed by atoms with van der Waals surface area (Å²) in [7, 11) is 0. The van der Waals surface area contributed by atoms with E-state index in [1.165, 1.54) is 24.3 Å². The summed E-state index contributed by atoms with van der Waals surface area (Å²) >= 11 is 0. The molecule has 15 N–H and O–H groups in total. The number of hydrogen-bond acceptors (Lipinski definition) is 15. The van der Waals surface area contributed by atoms with Crippen molar-refractivity contribution in [2.45, 2.75) is 148 Å². The second kappa shape index (κ2) is 28.3. The highest BCUT2D eigenvalue weighted by Crippen LogP contribution is 2.21. The second-order valence-electron chi connectivity index (χ2n) is 18.2. The van der Waals surface area contributed by atoms with Gasteiger partial charge in [0.2, 0.25) is 53.2 Å². The van der Waals surface area contributed by atoms with Gasteiger partial charge in [0.05, 0.1) is 32.2 Å². The Balaban J connectivity index is 2.14. The standard InChI is InChI=1S/C43H72N12O14/c1-20(2)12-28(50-35(60)23(7)48-36(61)26(44)17-56)42(67)55-11-9-10-31(55)39(64)46-16-32(59)53-34(24(8)58)41(66)52-30(18-57)38(63)49-27(14-25-15-45-19-47-25)37(62)54-33(22(5)6)40(65)51-29(43(68)69)13-21(3)4/h15,19-24,26-31,33-34,56-58H,9-14,16-18,44H2,1-8H3,(H,45,47)(H,46,64)(H,48,61)(H,49,63)(H,50,60)(H,51,65)(H,52,66)(H,53,59)(H,54,62)(H,68,69)/t23-,24+,26-,27-,28-,29-,30-,31-,33-,34-/m0/s1. The number of nitrogens with two attached hydrogens (primary N) is 1. The van der Waals surface area contributed by atoms with Gasteiger partial charge < -0.3 is 78.6 Å². The number of imidazole rings is 1. The molecule has 9 amide bonds. The van der Waals surface area contributed by atoms with E-state index in [2.05, 4.69) is 52.5 Å². The molecule has 0 saturated carbocycles. The second-order valence-corrected chi connectivity index (χ2v) is 18.2. The molecule has 1 aliphatic rings. The number of amides is 9. The number of aliphatic carboxylic acids is 1. The molecule has 26 heteroatoms. The molecule has 1 aliphatic heterocycles. The van der Waals surface area contributed by atoms with Crippen molar-refractivity contribution in [1.82, 2.24) is 57.4 Å². The molecule has 1 aromatic rings. The quantitative estimate of drug-likeness (QED) is 0.0374. The maximum absolute atomic E-state index is 13.8. The number of carbonyl (C=O) groups excluding carboxylic acids is 9. The van der Waals surface area contributed by atoms with Gasteiger partial charge in [0.15, 0.2) is 0 Å². The first-order valence-corrected chi connectivity index (χ1v) is 22.9. The minimum absolute atomic E-state index is 0.0833. The van der Waals surface area contributed by atoms with E-state index in [1.807, 2.05) is 13.8 Å². The van der Waals surface area contributed by atoms with Crippen molar-refractivity contribution >= 4 is 59.1 Å². The Morgan fingerprint density at radius 1 is 0.710 bits per heavy atom. The van der Waals surface area contributed by atoms with Crippen LogP contribution in [0.3, 0.4) is 0 Å². The van der Waals surface area contributed by atoms with Gasteiger partial charge in [-0.25, -0.2) is 9.78 Å². The van der Waals surface area contributed by atoms with Crippen molar-refractivity contribution in [3.8, 4) is 0 Å². The number of carbonyl (C=O) groups is 10. The SMILES string of the molecule is CC(C)C[C@H](NC(=O)[C@@H](NC(=O)[C@H](Cc1cnc[nH]1)NC(=O)[C@H](CO)NC(=O)[C@@H](NC(=O)CNC(=O)[C@@H]1CCCN1C(=O)[C@H](CC(C)C)NC(=O)[C@H](C)NC(=O)[C@@H](N)CO)[C@@H](C)O)C(C)C)C(=O)O. The van der Waals surface area contributed by atoms with Gasteiger partial charge in [0.25, 0.3) is 0 Å². The molecule has 388 valence electrons. The molecule has 2 rings (SSSR count). The lowest BCUT2D eigenvalue weighted by molar-refractivity contribution is -0.143. The lowest BCUT2D eigenvalue weighted by Gasteiger charge is -2.30. The molecule has 26 nitrogen and oxygen atoms in total. The minimum Gasteiger partial charge on any atom is -0.480 e. The number of nitrogens with one attached hydrogen (secondary N) is 9. The minimum atomic E-state index is -1.76. The third-order valence-electron chi connectivity index (χ3n) is 10.9. The smallest absolute Gasteiger partial charge is 0.326 e. The maximum atomic E-state index is 13.8. The molecule has 0 bridgehead atoms. The Labute approximate surface area is 400 Å². The number of carboxylic acid groups (broad SMARTS) is 1. The summed E-state index contributed by atoms with van der Waals surface area (Å²) in [5.41, 5.74) is 5.88. The molecule has 2 heterocycles. The molecule has 10 atom stereocenters. The van der Waals surface area contributed by atoms with E-state index < -0.39 is 145 Å². The van der Waals surface area contributed by atoms with E-state index >= 15 is 0 Å². The van der Waals surface area contributed by atoms with E-state index in [0.717, 1.165) is 6.92 Å². The lowest BCUT2D eigenvalue weighted by Crippen LogP contribution is -2.61. The molecule has 0 radical (unpaired) electrons. The van der Waals surface area contributed by atoms with E-state index in [1.54, 1.807) is 27.7 Å². The van der Waals surface area contributed by atoms with Crippen LogP contribution < -0.4 is 48.3 Å². The fraction of sp³-hybridized carbons (Fsp3) is 0.698. The molecular weight excluding hydrogens is 909 g/mol. The molecule has 69 heavy (non-hydrogen) atoms. The van der Waals surface area contributed by atoms with Crippen molar-refractivity contribution in [2.75, 3.05) is 26.3 Å². The number of rotatable bonds is 28. The van der Waals surface area contributed by atoms with Gasteiger partial charge in [-0.2, -0.15) is 0 Å². The average Bonchev–Trinajstić information content (AvgIpc) is 3.99. The topological polar surface area (TPSA) is 406 Å². The van der Waals surface area contributed by atoms with Crippen LogP contribution in [0.25, 0.3) is 0 Å². The number of nitrogens with zero attached hydrogens (tertiary/aromatic N) is 2. The first kappa shape index (κ1) is 58.9. The van der Waals surface area contributed by atoms with Gasteiger partial charge in [-0.15, -0.1) is 0 Å². The Bertz CT molecular complexity index is 1930. The zero-order valence-corrected chi connectivity index (χ0v) is 40.4. The monoisotopic (exact) mass is 981 g/mol. The number of likely N-dealkylation sites (tertiary alicyclic amines) is 1. The lowest BCUT2D eigenvalue weighted by atomic mass is 9.99. The zero-order chi connectivity index (χ0) is 52.3. The van der Waals surface area contributed by atoms with Crippen LogP contribution in [-0.2, 0) is 54.4 Å². The van der Waals surface area contributed by atoms with E-state index in [9.17, 15) is 63.3 Å². The molecule has 1 saturated heterocycles. The first-order valence-electron chi connectivity index (χ1n) is 22.9. The van der Waals surface area contributed by atoms with E-state index in [4.69, 9.17) is 10.8 Å². The molecule has 0 spiro atoms. The normalized spacial score (nSPS) is 17.5. The zero-order valence-electron chi connectivity index (χ0n) is 40.4. The Morgan fingerprint density at radius 2 is 1.28 bits per heavy atom. The number of aliphatic hydroxyl groups is 3. The Hall–Kier alpha value is -6.25. The summed E-state index contributed by atoms with van der Waals surface area (Å²) in [5.74, 6) is -9.66. The fourth-order valence-corrected chi connectivity index (χ4v) is 7.17. The van der Waals surface area contributed by atoms with Crippen LogP contribution in [0.5, 0.6) is 0 Å². The third-order valence-corrected chi connectivity index (χ3v) is 10.9. The third kappa shape index (κ3) is 19.0. The summed E-state index contributed by atoms with van der Waals surface area (Å²) in [4.78, 5) is 139. The van der Waals surface area contributed by atoms with Gasteiger partial charge in [-0.05, 0) is 57.3 Å². The van der Waals surface area contributed by atoms with Gasteiger partial charge in [0, 0.05) is 24.9 Å². The van der Waals surface area contributed by atoms with Crippen LogP contribution in [0.15, 0.2) is 12.5 Å². The highest BCUT2D eigenvalue weighted by atomic mass is 16.4. The number of aromatic amines is 1. The molecule has 0 aliphatic carbocycles. The summed E-state index contributed by atoms with van der Waals surface area (Å²) < 4.78 is 0. The highest BCUT2D eigenvalue weighted by Gasteiger charge is 2.39. The van der Waals surface area contributed by atoms with Crippen LogP contribution in [0.2, 0.25) is 0 Å². The summed E-state index contributed by atoms with van der Waals surface area (Å²) in [6.07, 6.45) is 1.78. The molecule has 1 aromatic heterocycles. The molecule has 1 fully saturated rings. The Morgan fingerprint density at radius 3 is 1.81 bits per heavy atom. The number of hydrogen-bond donors (Lipinski definition) is 14. The van der Waals surface area contributed by atoms with Crippen molar-refractivity contribution in [2.24, 2.45) is 23.5 Å². The predicted molar refractivity (Wildman–Crippen MR) is 244 cm³/mol. The van der Waals surface area contributed by atoms with Crippen molar-refractivity contribution in [3.63, 3.8) is 0 Å². The van der Waals surface area contributed by atoms with Crippen molar-refractivity contribution in [1.29, 1.82) is 0 Å². The Kier molecular flexibility index (Phi) is 24.1. The number of aromatic nitrogens is 2. The molecule has 0 unspecified atom stereocenters. The maximum Gasteiger partial charge on any atom is 0.326 e. The predicted octanol–water partition coefficient (Wildman–Crippen LogP) is -5.00. The fourth-order valence-electron chi connectivity index (χ4n) is 7.17. The number of carboxylic acids is 1. The summed E-state index contributed by atoms with van der Waals surface area (Å²) in [6, 6.07) is -12.0. The highest BCUT2D eigenvalue weighted by molar-refractivity contribution is 5.98. The van der Waals surface area contributed by atoms with E-state index in [-0.39, 0.29) is 44.1 Å². The van der Waals surface area contributed by atoms with Gasteiger partial charge >= 0.3 is 5.97 Å². The van der Waals surface area contributed by atoms with Crippen molar-refractivity contribution < 1.29 is 68.4 Å². The molecular formula is C43H72N12O14. The van der Waals surface area contributed by atoms with Crippen LogP contribution in [0, 0.1) is 17.8 Å².